The summed E-state index contributed by atoms with van der Waals surface area (Å²) in [5.41, 5.74) is 0.677. The molecule has 1 unspecified atom stereocenters. The van der Waals surface area contributed by atoms with Crippen molar-refractivity contribution in [3.05, 3.63) is 16.3 Å². The number of hydrogen-bond donors (Lipinski definition) is 1. The quantitative estimate of drug-likeness (QED) is 0.265. The van der Waals surface area contributed by atoms with E-state index in [0.717, 1.165) is 21.3 Å². The van der Waals surface area contributed by atoms with Gasteiger partial charge in [0.2, 0.25) is 5.91 Å². The summed E-state index contributed by atoms with van der Waals surface area (Å²) in [6.07, 6.45) is 0. The third kappa shape index (κ3) is 4.17. The van der Waals surface area contributed by atoms with Gasteiger partial charge in [0.25, 0.3) is 5.91 Å². The topological polar surface area (TPSA) is 113 Å². The molecule has 2 amide bonds. The number of aryl methyl sites for hydroxylation is 1. The van der Waals surface area contributed by atoms with E-state index in [2.05, 4.69) is 10.2 Å². The molecule has 1 fully saturated rings. The van der Waals surface area contributed by atoms with Crippen molar-refractivity contribution in [1.29, 1.82) is 0 Å². The van der Waals surface area contributed by atoms with Gasteiger partial charge in [0.1, 0.15) is 22.0 Å². The number of β-lactam (4-membered cyclic amide) rings is 1. The van der Waals surface area contributed by atoms with Crippen LogP contribution < -0.4 is 0 Å². The van der Waals surface area contributed by atoms with Gasteiger partial charge in [-0.05, 0) is 24.4 Å². The van der Waals surface area contributed by atoms with E-state index in [4.69, 9.17) is 4.74 Å². The molecule has 1 N–H and O–H groups in total. The summed E-state index contributed by atoms with van der Waals surface area (Å²) in [6, 6.07) is -0.697. The van der Waals surface area contributed by atoms with Crippen LogP contribution >= 0.6 is 46.8 Å². The summed E-state index contributed by atoms with van der Waals surface area (Å²) < 4.78 is 7.12. The number of aliphatic carboxylic acids is 1. The fourth-order valence-corrected chi connectivity index (χ4v) is 7.01. The third-order valence-electron chi connectivity index (χ3n) is 3.97. The molecule has 2 aliphatic rings. The molecule has 152 valence electrons. The van der Waals surface area contributed by atoms with Crippen LogP contribution in [0.25, 0.3) is 0 Å². The summed E-state index contributed by atoms with van der Waals surface area (Å²) in [4.78, 5) is 37.9. The number of aromatic nitrogens is 2. The number of hydrogen-bond acceptors (Lipinski definition) is 10. The maximum absolute atomic E-state index is 12.8. The van der Waals surface area contributed by atoms with Crippen molar-refractivity contribution in [2.24, 2.45) is 0 Å². The number of carbonyl (C=O) groups excluding carboxylic acids is 2. The first-order valence-corrected chi connectivity index (χ1v) is 11.9. The maximum Gasteiger partial charge on any atom is 0.352 e. The Kier molecular flexibility index (Phi) is 6.91. The molecular weight excluding hydrogens is 444 g/mol. The molecule has 13 heteroatoms. The Hall–Kier alpha value is -1.28. The summed E-state index contributed by atoms with van der Waals surface area (Å²) in [6.45, 7) is 3.23. The molecule has 0 bridgehead atoms. The highest BCUT2D eigenvalue weighted by Gasteiger charge is 2.56. The Morgan fingerprint density at radius 3 is 2.75 bits per heavy atom. The fourth-order valence-electron chi connectivity index (χ4n) is 2.82. The van der Waals surface area contributed by atoms with Crippen LogP contribution in [0.5, 0.6) is 0 Å². The molecule has 1 aromatic heterocycles. The van der Waals surface area contributed by atoms with Gasteiger partial charge in [-0.25, -0.2) is 4.79 Å². The van der Waals surface area contributed by atoms with Crippen molar-refractivity contribution in [2.45, 2.75) is 29.6 Å². The lowest BCUT2D eigenvalue weighted by molar-refractivity contribution is -0.154. The zero-order valence-corrected chi connectivity index (χ0v) is 18.5. The molecule has 1 aromatic rings. The lowest BCUT2D eigenvalue weighted by atomic mass is 10.0. The minimum Gasteiger partial charge on any atom is -0.477 e. The Morgan fingerprint density at radius 1 is 1.43 bits per heavy atom. The van der Waals surface area contributed by atoms with Crippen LogP contribution in [0.15, 0.2) is 15.6 Å². The number of ether oxygens (including phenoxy) is 1. The van der Waals surface area contributed by atoms with E-state index in [9.17, 15) is 19.5 Å². The van der Waals surface area contributed by atoms with Crippen LogP contribution in [0.4, 0.5) is 0 Å². The van der Waals surface area contributed by atoms with E-state index in [0.29, 0.717) is 17.1 Å². The number of carboxylic acid groups (broad SMARTS) is 1. The monoisotopic (exact) mass is 462 g/mol. The van der Waals surface area contributed by atoms with E-state index in [1.54, 1.807) is 0 Å². The zero-order chi connectivity index (χ0) is 20.4. The second-order valence-corrected chi connectivity index (χ2v) is 10.3. The van der Waals surface area contributed by atoms with Gasteiger partial charge >= 0.3 is 5.97 Å². The van der Waals surface area contributed by atoms with Crippen molar-refractivity contribution in [1.82, 2.24) is 19.4 Å². The van der Waals surface area contributed by atoms with E-state index in [1.165, 1.54) is 58.1 Å². The molecule has 28 heavy (non-hydrogen) atoms. The largest absolute Gasteiger partial charge is 0.477 e. The lowest BCUT2D eigenvalue weighted by Gasteiger charge is -2.52. The summed E-state index contributed by atoms with van der Waals surface area (Å²) >= 11 is 5.43. The second kappa shape index (κ2) is 9.03. The van der Waals surface area contributed by atoms with Crippen molar-refractivity contribution >= 4 is 64.6 Å². The van der Waals surface area contributed by atoms with Crippen LogP contribution in [-0.4, -0.2) is 78.3 Å². The van der Waals surface area contributed by atoms with Gasteiger partial charge in [-0.2, -0.15) is 0 Å². The number of amides is 2. The predicted molar refractivity (Wildman–Crippen MR) is 109 cm³/mol. The van der Waals surface area contributed by atoms with Crippen molar-refractivity contribution < 1.29 is 24.2 Å². The highest BCUT2D eigenvalue weighted by molar-refractivity contribution is 8.02. The summed E-state index contributed by atoms with van der Waals surface area (Å²) in [5.74, 6) is -0.680. The summed E-state index contributed by atoms with van der Waals surface area (Å²) in [5, 5.41) is 18.1. The molecule has 0 saturated carbocycles. The highest BCUT2D eigenvalue weighted by Crippen LogP contribution is 2.44. The third-order valence-corrected chi connectivity index (χ3v) is 8.46. The number of thioether (sulfide) groups is 2. The average molecular weight is 463 g/mol. The molecule has 2 aliphatic heterocycles. The number of carbonyl (C=O) groups is 3. The van der Waals surface area contributed by atoms with Crippen molar-refractivity contribution in [3.63, 3.8) is 0 Å². The van der Waals surface area contributed by atoms with Crippen LogP contribution in [0.3, 0.4) is 0 Å². The maximum atomic E-state index is 12.8. The Morgan fingerprint density at radius 2 is 2.18 bits per heavy atom. The van der Waals surface area contributed by atoms with E-state index < -0.39 is 17.4 Å². The highest BCUT2D eigenvalue weighted by atomic mass is 32.2. The second-order valence-electron chi connectivity index (χ2n) is 5.87. The fraction of sp³-hybridized carbons (Fsp3) is 0.533. The SMILES string of the molecule is COCSN(C(C)=O)[C@H]1C(=O)N2C(C(=O)O)=C(CSc3nnc(C)s3)CSC12. The van der Waals surface area contributed by atoms with Crippen LogP contribution in [-0.2, 0) is 19.1 Å². The van der Waals surface area contributed by atoms with Gasteiger partial charge in [-0.1, -0.05) is 23.1 Å². The normalized spacial score (nSPS) is 21.4. The number of fused-ring (bicyclic) bond motifs is 1. The first kappa shape index (κ1) is 21.4. The Labute approximate surface area is 178 Å². The van der Waals surface area contributed by atoms with Gasteiger partial charge in [-0.3, -0.25) is 18.8 Å². The van der Waals surface area contributed by atoms with Crippen LogP contribution in [0.2, 0.25) is 0 Å². The van der Waals surface area contributed by atoms with Gasteiger partial charge in [-0.15, -0.1) is 22.0 Å². The smallest absolute Gasteiger partial charge is 0.352 e. The van der Waals surface area contributed by atoms with Crippen molar-refractivity contribution in [3.8, 4) is 0 Å². The molecule has 3 rings (SSSR count). The number of methoxy groups -OCH3 is 1. The Balaban J connectivity index is 1.79. The average Bonchev–Trinajstić information content (AvgIpc) is 3.07. The number of rotatable bonds is 8. The first-order valence-electron chi connectivity index (χ1n) is 8.09. The molecule has 1 saturated heterocycles. The molecule has 0 aromatic carbocycles. The van der Waals surface area contributed by atoms with Gasteiger partial charge in [0.05, 0.1) is 0 Å². The van der Waals surface area contributed by atoms with Crippen LogP contribution in [0, 0.1) is 6.92 Å². The molecule has 0 spiro atoms. The van der Waals surface area contributed by atoms with Gasteiger partial charge < -0.3 is 9.84 Å². The first-order chi connectivity index (χ1) is 13.3. The number of nitrogens with zero attached hydrogens (tertiary/aromatic N) is 4. The minimum atomic E-state index is -1.14. The molecule has 2 atom stereocenters. The van der Waals surface area contributed by atoms with E-state index in [1.807, 2.05) is 6.92 Å². The molecule has 9 nitrogen and oxygen atoms in total. The standard InChI is InChI=1S/C15H18N4O5S4/c1-7-16-17-15(28-7)26-5-9-4-25-13-11(19(8(2)20)27-6-24-3)12(21)18(13)10(9)14(22)23/h11,13H,4-6H2,1-3H3,(H,22,23)/t11-,13?/m0/s1. The summed E-state index contributed by atoms with van der Waals surface area (Å²) in [7, 11) is 1.50. The van der Waals surface area contributed by atoms with Crippen LogP contribution in [0.1, 0.15) is 11.9 Å². The lowest BCUT2D eigenvalue weighted by Crippen LogP contribution is -2.70. The van der Waals surface area contributed by atoms with Gasteiger partial charge in [0.15, 0.2) is 10.4 Å². The predicted octanol–water partition coefficient (Wildman–Crippen LogP) is 1.66. The van der Waals surface area contributed by atoms with E-state index in [-0.39, 0.29) is 23.5 Å². The minimum absolute atomic E-state index is 0.0129. The molecule has 3 heterocycles. The van der Waals surface area contributed by atoms with Gasteiger partial charge in [0, 0.05) is 25.5 Å². The molecule has 0 aliphatic carbocycles. The van der Waals surface area contributed by atoms with Crippen molar-refractivity contribution in [2.75, 3.05) is 24.6 Å². The van der Waals surface area contributed by atoms with E-state index >= 15 is 0 Å². The number of carboxylic acids is 1. The molecule has 0 radical (unpaired) electrons. The Bertz CT molecular complexity index is 829. The zero-order valence-electron chi connectivity index (χ0n) is 15.3. The molecular formula is C15H18N4O5S4.